The zero-order chi connectivity index (χ0) is 75.5. The van der Waals surface area contributed by atoms with Crippen LogP contribution in [-0.2, 0) is 12.8 Å². The number of imidazole rings is 2. The van der Waals surface area contributed by atoms with Crippen LogP contribution in [0.15, 0.2) is 388 Å². The lowest BCUT2D eigenvalue weighted by molar-refractivity contribution is 0.913. The SMILES string of the molecule is CCc1nc2ccccc2n1-c1ccc(-c2c3ccccc3c(-c3cccc4c(-c5ccccc5)cccc34)c3cc(-c4ccc(-c5ccc6c(-c7ccccc7)ccc(-c7c8ccccc8c(-c8ccc(-n9c(CC)nc%10ccccc%109)c9ccccc89)c8ccc(-c9ccccc9)cc78)c6c5)cc4)ccc23)c2ccccc12. The lowest BCUT2D eigenvalue weighted by Gasteiger charge is -2.22. The fourth-order valence-electron chi connectivity index (χ4n) is 18.9. The zero-order valence-electron chi connectivity index (χ0n) is 63.2. The van der Waals surface area contributed by atoms with Crippen molar-refractivity contribution in [3.05, 3.63) is 400 Å². The molecule has 22 aromatic rings. The van der Waals surface area contributed by atoms with Crippen molar-refractivity contribution in [2.45, 2.75) is 26.7 Å². The van der Waals surface area contributed by atoms with Crippen molar-refractivity contribution in [2.24, 2.45) is 0 Å². The van der Waals surface area contributed by atoms with Crippen molar-refractivity contribution in [3.8, 4) is 112 Å². The summed E-state index contributed by atoms with van der Waals surface area (Å²) in [4.78, 5) is 10.3. The Morgan fingerprint density at radius 1 is 0.184 bits per heavy atom. The van der Waals surface area contributed by atoms with Gasteiger partial charge in [0.15, 0.2) is 0 Å². The van der Waals surface area contributed by atoms with Crippen LogP contribution in [0.1, 0.15) is 25.5 Å². The Morgan fingerprint density at radius 3 is 0.912 bits per heavy atom. The second-order valence-corrected chi connectivity index (χ2v) is 30.2. The molecule has 2 aromatic heterocycles. The summed E-state index contributed by atoms with van der Waals surface area (Å²) in [6, 6.07) is 145. The molecule has 4 heteroatoms. The summed E-state index contributed by atoms with van der Waals surface area (Å²) in [7, 11) is 0. The number of aryl methyl sites for hydroxylation is 2. The number of hydrogen-bond acceptors (Lipinski definition) is 2. The summed E-state index contributed by atoms with van der Waals surface area (Å²) < 4.78 is 4.75. The van der Waals surface area contributed by atoms with E-state index in [-0.39, 0.29) is 0 Å². The molecule has 0 saturated heterocycles. The van der Waals surface area contributed by atoms with Gasteiger partial charge in [-0.25, -0.2) is 9.97 Å². The second kappa shape index (κ2) is 27.2. The first-order valence-electron chi connectivity index (χ1n) is 39.8. The molecular weight excluding hydrogens is 1380 g/mol. The summed E-state index contributed by atoms with van der Waals surface area (Å²) in [6.45, 7) is 4.41. The first kappa shape index (κ1) is 66.4. The highest BCUT2D eigenvalue weighted by Gasteiger charge is 2.27. The molecule has 0 fully saturated rings. The zero-order valence-corrected chi connectivity index (χ0v) is 63.2. The highest BCUT2D eigenvalue weighted by atomic mass is 15.1. The van der Waals surface area contributed by atoms with E-state index in [9.17, 15) is 0 Å². The number of fused-ring (bicyclic) bond motifs is 10. The van der Waals surface area contributed by atoms with Crippen molar-refractivity contribution in [3.63, 3.8) is 0 Å². The number of para-hydroxylation sites is 4. The van der Waals surface area contributed by atoms with Gasteiger partial charge in [0, 0.05) is 23.6 Å². The van der Waals surface area contributed by atoms with Crippen LogP contribution in [0.25, 0.3) is 220 Å². The molecule has 114 heavy (non-hydrogen) atoms. The van der Waals surface area contributed by atoms with Crippen molar-refractivity contribution in [1.29, 1.82) is 0 Å². The van der Waals surface area contributed by atoms with E-state index in [1.54, 1.807) is 0 Å². The molecule has 2 heterocycles. The quantitative estimate of drug-likeness (QED) is 0.108. The predicted octanol–water partition coefficient (Wildman–Crippen LogP) is 29.7. The smallest absolute Gasteiger partial charge is 0.114 e. The molecule has 0 aliphatic heterocycles. The molecule has 0 unspecified atom stereocenters. The molecule has 0 bridgehead atoms. The van der Waals surface area contributed by atoms with Gasteiger partial charge in [-0.3, -0.25) is 9.13 Å². The molecular formula is C110H74N4. The summed E-state index contributed by atoms with van der Waals surface area (Å²) in [5, 5.41) is 19.2. The van der Waals surface area contributed by atoms with Gasteiger partial charge in [0.2, 0.25) is 0 Å². The molecule has 22 rings (SSSR count). The van der Waals surface area contributed by atoms with Crippen LogP contribution in [-0.4, -0.2) is 19.1 Å². The van der Waals surface area contributed by atoms with E-state index in [4.69, 9.17) is 9.97 Å². The third kappa shape index (κ3) is 10.7. The molecule has 0 radical (unpaired) electrons. The Kier molecular flexibility index (Phi) is 15.8. The van der Waals surface area contributed by atoms with E-state index in [2.05, 4.69) is 411 Å². The van der Waals surface area contributed by atoms with Gasteiger partial charge >= 0.3 is 0 Å². The average molecular weight is 1450 g/mol. The van der Waals surface area contributed by atoms with E-state index in [0.29, 0.717) is 0 Å². The van der Waals surface area contributed by atoms with E-state index in [1.807, 2.05) is 0 Å². The summed E-state index contributed by atoms with van der Waals surface area (Å²) in [5.74, 6) is 2.09. The van der Waals surface area contributed by atoms with Gasteiger partial charge in [-0.15, -0.1) is 0 Å². The van der Waals surface area contributed by atoms with Crippen LogP contribution in [0.4, 0.5) is 0 Å². The Balaban J connectivity index is 0.732. The second-order valence-electron chi connectivity index (χ2n) is 30.2. The molecule has 0 amide bonds. The van der Waals surface area contributed by atoms with Crippen LogP contribution < -0.4 is 0 Å². The molecule has 534 valence electrons. The fraction of sp³-hybridized carbons (Fsp3) is 0.0364. The highest BCUT2D eigenvalue weighted by Crippen LogP contribution is 2.53. The maximum atomic E-state index is 5.17. The number of aromatic nitrogens is 4. The Labute approximate surface area is 661 Å². The van der Waals surface area contributed by atoms with E-state index >= 15 is 0 Å². The molecule has 0 atom stereocenters. The fourth-order valence-corrected chi connectivity index (χ4v) is 18.9. The topological polar surface area (TPSA) is 35.6 Å². The number of rotatable bonds is 13. The number of benzene rings is 20. The van der Waals surface area contributed by atoms with Crippen LogP contribution in [0.2, 0.25) is 0 Å². The highest BCUT2D eigenvalue weighted by molar-refractivity contribution is 6.29. The third-order valence-electron chi connectivity index (χ3n) is 24.1. The summed E-state index contributed by atoms with van der Waals surface area (Å²) >= 11 is 0. The Morgan fingerprint density at radius 2 is 0.456 bits per heavy atom. The standard InChI is InChI=1S/C110H74N4/c1-3-105-111-99-46-22-24-48-103(99)113(105)101-64-62-91(81-34-14-16-36-84(81)101)107-87-38-18-20-40-89(87)109(86-45-27-43-79-77(42-26-44-80(79)86)72-30-10-6-11-31-72)97-68-76(56-59-94(97)107)71-52-50-70(51-53-71)74-54-57-83-78(73-32-12-7-13-33-73)60-61-93(96(83)66-74)110-90-41-21-19-39-88(90)108(95-58-55-75(67-98(95)110)69-28-8-5-9-29-69)92-63-65-102(85-37-17-15-35-82(85)92)114-104-49-25-23-47-100(104)112-106(114)4-2/h5-68H,3-4H2,1-2H3. The molecule has 0 aliphatic carbocycles. The van der Waals surface area contributed by atoms with E-state index < -0.39 is 0 Å². The maximum Gasteiger partial charge on any atom is 0.114 e. The van der Waals surface area contributed by atoms with Crippen molar-refractivity contribution in [2.75, 3.05) is 0 Å². The minimum Gasteiger partial charge on any atom is -0.296 e. The minimum atomic E-state index is 0.805. The van der Waals surface area contributed by atoms with E-state index in [1.165, 1.54) is 164 Å². The Bertz CT molecular complexity index is 7660. The van der Waals surface area contributed by atoms with Crippen molar-refractivity contribution < 1.29 is 0 Å². The molecule has 4 nitrogen and oxygen atoms in total. The molecule has 0 saturated carbocycles. The average Bonchev–Trinajstić information content (AvgIpc) is 0.783. The molecule has 0 spiro atoms. The van der Waals surface area contributed by atoms with Crippen LogP contribution in [0.3, 0.4) is 0 Å². The summed E-state index contributed by atoms with van der Waals surface area (Å²) in [6.07, 6.45) is 1.61. The van der Waals surface area contributed by atoms with Gasteiger partial charge in [-0.05, 0) is 230 Å². The Hall–Kier alpha value is -14.6. The monoisotopic (exact) mass is 1450 g/mol. The lowest BCUT2D eigenvalue weighted by atomic mass is 9.81. The first-order valence-corrected chi connectivity index (χ1v) is 39.8. The van der Waals surface area contributed by atoms with Crippen molar-refractivity contribution >= 4 is 108 Å². The van der Waals surface area contributed by atoms with Gasteiger partial charge in [0.1, 0.15) is 11.6 Å². The molecule has 0 N–H and O–H groups in total. The van der Waals surface area contributed by atoms with Gasteiger partial charge in [-0.1, -0.05) is 347 Å². The van der Waals surface area contributed by atoms with E-state index in [0.717, 1.165) is 80.2 Å². The van der Waals surface area contributed by atoms with Crippen LogP contribution in [0.5, 0.6) is 0 Å². The van der Waals surface area contributed by atoms with Gasteiger partial charge < -0.3 is 0 Å². The van der Waals surface area contributed by atoms with Gasteiger partial charge in [-0.2, -0.15) is 0 Å². The van der Waals surface area contributed by atoms with Crippen LogP contribution in [0, 0.1) is 0 Å². The molecule has 20 aromatic carbocycles. The number of nitrogens with zero attached hydrogens (tertiary/aromatic N) is 4. The first-order chi connectivity index (χ1) is 56.5. The van der Waals surface area contributed by atoms with Crippen LogP contribution >= 0.6 is 0 Å². The van der Waals surface area contributed by atoms with Crippen molar-refractivity contribution in [1.82, 2.24) is 19.1 Å². The summed E-state index contributed by atoms with van der Waals surface area (Å²) in [5.41, 5.74) is 27.8. The lowest BCUT2D eigenvalue weighted by Crippen LogP contribution is -2.01. The van der Waals surface area contributed by atoms with Gasteiger partial charge in [0.05, 0.1) is 33.4 Å². The minimum absolute atomic E-state index is 0.805. The maximum absolute atomic E-state index is 5.17. The largest absolute Gasteiger partial charge is 0.296 e. The van der Waals surface area contributed by atoms with Gasteiger partial charge in [0.25, 0.3) is 0 Å². The predicted molar refractivity (Wildman–Crippen MR) is 483 cm³/mol. The third-order valence-corrected chi connectivity index (χ3v) is 24.1. The number of hydrogen-bond donors (Lipinski definition) is 0. The molecule has 0 aliphatic rings. The normalized spacial score (nSPS) is 11.8.